The molecular weight excluding hydrogens is 362 g/mol. The SMILES string of the molecule is Cc1cc(C)cc(Oc2ccc(N3C(=O)[C@@H]4[C@@H]5C=C[C@H]([C@@H]6C[C@H]56)[C@H]4C3=O)cc2)c1. The molecule has 0 aromatic heterocycles. The largest absolute Gasteiger partial charge is 0.457 e. The zero-order valence-electron chi connectivity index (χ0n) is 16.5. The molecule has 2 amide bonds. The molecule has 0 unspecified atom stereocenters. The van der Waals surface area contributed by atoms with Crippen LogP contribution in [0, 0.1) is 49.4 Å². The predicted molar refractivity (Wildman–Crippen MR) is 110 cm³/mol. The lowest BCUT2D eigenvalue weighted by Crippen LogP contribution is -2.40. The molecule has 2 bridgehead atoms. The summed E-state index contributed by atoms with van der Waals surface area (Å²) in [5.74, 6) is 2.87. The van der Waals surface area contributed by atoms with E-state index in [0.29, 0.717) is 23.3 Å². The first kappa shape index (κ1) is 17.0. The number of ether oxygens (including phenoxy) is 1. The van der Waals surface area contributed by atoms with E-state index in [0.717, 1.165) is 16.9 Å². The van der Waals surface area contributed by atoms with Crippen LogP contribution in [0.25, 0.3) is 0 Å². The van der Waals surface area contributed by atoms with Crippen LogP contribution in [-0.4, -0.2) is 11.8 Å². The van der Waals surface area contributed by atoms with Crippen molar-refractivity contribution < 1.29 is 14.3 Å². The van der Waals surface area contributed by atoms with Gasteiger partial charge in [-0.25, -0.2) is 0 Å². The highest BCUT2D eigenvalue weighted by atomic mass is 16.5. The summed E-state index contributed by atoms with van der Waals surface area (Å²) in [7, 11) is 0. The Morgan fingerprint density at radius 1 is 0.793 bits per heavy atom. The van der Waals surface area contributed by atoms with Gasteiger partial charge in [-0.1, -0.05) is 18.2 Å². The average molecular weight is 385 g/mol. The molecule has 146 valence electrons. The fourth-order valence-corrected chi connectivity index (χ4v) is 6.00. The molecule has 29 heavy (non-hydrogen) atoms. The van der Waals surface area contributed by atoms with Gasteiger partial charge in [0.05, 0.1) is 17.5 Å². The highest BCUT2D eigenvalue weighted by molar-refractivity contribution is 6.22. The van der Waals surface area contributed by atoms with Crippen LogP contribution < -0.4 is 9.64 Å². The third-order valence-corrected chi connectivity index (χ3v) is 7.19. The Morgan fingerprint density at radius 3 is 1.90 bits per heavy atom. The zero-order chi connectivity index (χ0) is 19.9. The fraction of sp³-hybridized carbons (Fsp3) is 0.360. The van der Waals surface area contributed by atoms with Gasteiger partial charge in [-0.05, 0) is 91.5 Å². The predicted octanol–water partition coefficient (Wildman–Crippen LogP) is 4.65. The van der Waals surface area contributed by atoms with Crippen LogP contribution in [0.15, 0.2) is 54.6 Å². The molecule has 5 aliphatic rings. The first-order valence-electron chi connectivity index (χ1n) is 10.4. The van der Waals surface area contributed by atoms with Crippen molar-refractivity contribution in [2.75, 3.05) is 4.90 Å². The number of anilines is 1. The second-order valence-corrected chi connectivity index (χ2v) is 9.09. The number of nitrogens with zero attached hydrogens (tertiary/aromatic N) is 1. The number of aryl methyl sites for hydroxylation is 2. The van der Waals surface area contributed by atoms with Gasteiger partial charge in [0.1, 0.15) is 11.5 Å². The molecule has 4 heteroatoms. The number of benzene rings is 2. The molecular formula is C25H23NO3. The molecule has 6 atom stereocenters. The van der Waals surface area contributed by atoms with E-state index < -0.39 is 0 Å². The van der Waals surface area contributed by atoms with Crippen LogP contribution in [0.2, 0.25) is 0 Å². The summed E-state index contributed by atoms with van der Waals surface area (Å²) in [6, 6.07) is 13.4. The Morgan fingerprint density at radius 2 is 1.34 bits per heavy atom. The van der Waals surface area contributed by atoms with Gasteiger partial charge in [0.2, 0.25) is 11.8 Å². The second kappa shape index (κ2) is 5.82. The van der Waals surface area contributed by atoms with Crippen molar-refractivity contribution in [3.63, 3.8) is 0 Å². The Bertz CT molecular complexity index is 1010. The van der Waals surface area contributed by atoms with Crippen LogP contribution >= 0.6 is 0 Å². The van der Waals surface area contributed by atoms with Crippen molar-refractivity contribution in [3.05, 3.63) is 65.7 Å². The van der Waals surface area contributed by atoms with Crippen molar-refractivity contribution >= 4 is 17.5 Å². The number of hydrogen-bond donors (Lipinski definition) is 0. The third kappa shape index (κ3) is 2.44. The van der Waals surface area contributed by atoms with E-state index in [9.17, 15) is 9.59 Å². The summed E-state index contributed by atoms with van der Waals surface area (Å²) >= 11 is 0. The van der Waals surface area contributed by atoms with Crippen LogP contribution in [0.1, 0.15) is 17.5 Å². The van der Waals surface area contributed by atoms with Gasteiger partial charge in [0.25, 0.3) is 0 Å². The Labute approximate surface area is 170 Å². The third-order valence-electron chi connectivity index (χ3n) is 7.19. The minimum atomic E-state index is -0.160. The standard InChI is InChI=1S/C25H23NO3/c1-13-9-14(2)11-17(10-13)29-16-5-3-15(4-6-16)26-24(27)22-18-7-8-19(21-12-20(18)21)23(22)25(26)28/h3-11,18-23H,12H2,1-2H3/t18-,19-,20-,21+,22-,23-/m1/s1. The van der Waals surface area contributed by atoms with Gasteiger partial charge in [-0.15, -0.1) is 0 Å². The van der Waals surface area contributed by atoms with E-state index >= 15 is 0 Å². The number of hydrogen-bond acceptors (Lipinski definition) is 3. The van der Waals surface area contributed by atoms with Crippen LogP contribution in [0.3, 0.4) is 0 Å². The number of carbonyl (C=O) groups is 2. The minimum absolute atomic E-state index is 0.0207. The molecule has 2 aromatic rings. The van der Waals surface area contributed by atoms with Crippen LogP contribution in [-0.2, 0) is 9.59 Å². The lowest BCUT2D eigenvalue weighted by molar-refractivity contribution is -0.124. The van der Waals surface area contributed by atoms with Crippen molar-refractivity contribution in [1.29, 1.82) is 0 Å². The highest BCUT2D eigenvalue weighted by Gasteiger charge is 2.67. The molecule has 2 saturated carbocycles. The Hall–Kier alpha value is -2.88. The summed E-state index contributed by atoms with van der Waals surface area (Å²) in [6.45, 7) is 4.08. The van der Waals surface area contributed by atoms with Gasteiger partial charge in [-0.3, -0.25) is 14.5 Å². The molecule has 7 rings (SSSR count). The maximum absolute atomic E-state index is 13.2. The molecule has 4 aliphatic carbocycles. The number of allylic oxidation sites excluding steroid dienone is 2. The Balaban J connectivity index is 1.26. The van der Waals surface area contributed by atoms with Gasteiger partial charge < -0.3 is 4.74 Å². The molecule has 1 aliphatic heterocycles. The summed E-state index contributed by atoms with van der Waals surface area (Å²) < 4.78 is 5.97. The van der Waals surface area contributed by atoms with E-state index in [2.05, 4.69) is 18.2 Å². The first-order chi connectivity index (χ1) is 14.0. The molecule has 3 fully saturated rings. The quantitative estimate of drug-likeness (QED) is 0.571. The van der Waals surface area contributed by atoms with Gasteiger partial charge in [0, 0.05) is 0 Å². The second-order valence-electron chi connectivity index (χ2n) is 9.09. The van der Waals surface area contributed by atoms with Gasteiger partial charge in [0.15, 0.2) is 0 Å². The smallest absolute Gasteiger partial charge is 0.238 e. The maximum atomic E-state index is 13.2. The van der Waals surface area contributed by atoms with E-state index in [4.69, 9.17) is 4.74 Å². The number of imide groups is 1. The maximum Gasteiger partial charge on any atom is 0.238 e. The first-order valence-corrected chi connectivity index (χ1v) is 10.4. The number of amides is 2. The minimum Gasteiger partial charge on any atom is -0.457 e. The van der Waals surface area contributed by atoms with Crippen molar-refractivity contribution in [1.82, 2.24) is 0 Å². The van der Waals surface area contributed by atoms with Gasteiger partial charge in [-0.2, -0.15) is 0 Å². The fourth-order valence-electron chi connectivity index (χ4n) is 6.00. The van der Waals surface area contributed by atoms with Gasteiger partial charge >= 0.3 is 0 Å². The molecule has 4 nitrogen and oxygen atoms in total. The monoisotopic (exact) mass is 385 g/mol. The van der Waals surface area contributed by atoms with E-state index in [-0.39, 0.29) is 35.5 Å². The summed E-state index contributed by atoms with van der Waals surface area (Å²) in [5.41, 5.74) is 2.94. The van der Waals surface area contributed by atoms with Crippen molar-refractivity contribution in [2.24, 2.45) is 35.5 Å². The lowest BCUT2D eigenvalue weighted by atomic mass is 9.63. The van der Waals surface area contributed by atoms with Crippen molar-refractivity contribution in [3.8, 4) is 11.5 Å². The molecule has 1 saturated heterocycles. The topological polar surface area (TPSA) is 46.6 Å². The van der Waals surface area contributed by atoms with E-state index in [1.54, 1.807) is 0 Å². The van der Waals surface area contributed by atoms with Crippen LogP contribution in [0.5, 0.6) is 11.5 Å². The lowest BCUT2D eigenvalue weighted by Gasteiger charge is -2.37. The van der Waals surface area contributed by atoms with E-state index in [1.165, 1.54) is 11.3 Å². The molecule has 2 aromatic carbocycles. The summed E-state index contributed by atoms with van der Waals surface area (Å²) in [4.78, 5) is 27.8. The molecule has 0 radical (unpaired) electrons. The zero-order valence-corrected chi connectivity index (χ0v) is 16.5. The van der Waals surface area contributed by atoms with Crippen molar-refractivity contribution in [2.45, 2.75) is 20.3 Å². The number of rotatable bonds is 3. The van der Waals surface area contributed by atoms with Crippen LogP contribution in [0.4, 0.5) is 5.69 Å². The number of carbonyl (C=O) groups excluding carboxylic acids is 2. The summed E-state index contributed by atoms with van der Waals surface area (Å²) in [5, 5.41) is 0. The highest BCUT2D eigenvalue weighted by Crippen LogP contribution is 2.65. The molecule has 1 heterocycles. The molecule has 0 spiro atoms. The van der Waals surface area contributed by atoms with E-state index in [1.807, 2.05) is 50.2 Å². The normalized spacial score (nSPS) is 33.7. The average Bonchev–Trinajstić information content (AvgIpc) is 3.46. The summed E-state index contributed by atoms with van der Waals surface area (Å²) in [6.07, 6.45) is 5.59. The molecule has 0 N–H and O–H groups in total. The Kier molecular flexibility index (Phi) is 3.41.